The summed E-state index contributed by atoms with van der Waals surface area (Å²) < 4.78 is 70.9. The third kappa shape index (κ3) is 24.1. The first-order valence-electron chi connectivity index (χ1n) is 17.4. The summed E-state index contributed by atoms with van der Waals surface area (Å²) in [4.78, 5) is 56.6. The largest absolute Gasteiger partial charge is 1.00 e. The zero-order valence-electron chi connectivity index (χ0n) is 37.3. The van der Waals surface area contributed by atoms with Crippen LogP contribution in [0.1, 0.15) is 75.2 Å². The maximum atomic E-state index is 12.5. The molecule has 28 heteroatoms. The number of carbonyl (C=O) groups excluding carboxylic acids is 4. The second-order valence-electron chi connectivity index (χ2n) is 14.1. The number of aromatic carboxylic acids is 1. The van der Waals surface area contributed by atoms with Gasteiger partial charge in [0.1, 0.15) is 21.3 Å². The standard InChI is InChI=1S/C18H21ClN2O7S.C12H11ClN2O5S.C6H11ClO2.CH2O3.2K.H/c1-18(2,3)17(23)28-10-27-16(22)12-7-15(29(20,24)25)13(19)8-14(12)21-9-11-5-4-6-26-11;13-9-5-10(15-6-7-2-1-3-20-7)8(12(16)17)4-11(9)21(14,18)19;1-6(2,3)5(8)9-4-7;2-1-4-3;;;/h4-8,21H,9-10H2,1-3H3,(H2,20,24,25);1-5,15H,6H2,(H,16,17)(H2,14,18,19);4H2,1-3H3;1,3H;;;/q;;;;2*+1;-1/p-1. The fraction of sp³-hybridized carbons (Fsp3) is 0.324. The van der Waals surface area contributed by atoms with Gasteiger partial charge >= 0.3 is 127 Å². The first-order chi connectivity index (χ1) is 29.1. The Morgan fingerprint density at radius 1 is 0.754 bits per heavy atom. The fourth-order valence-corrected chi connectivity index (χ4v) is 6.37. The fourth-order valence-electron chi connectivity index (χ4n) is 4.07. The third-order valence-corrected chi connectivity index (χ3v) is 9.96. The van der Waals surface area contributed by atoms with Gasteiger partial charge < -0.3 is 50.4 Å². The van der Waals surface area contributed by atoms with E-state index in [9.17, 15) is 36.0 Å². The molecule has 0 bridgehead atoms. The maximum absolute atomic E-state index is 12.5. The van der Waals surface area contributed by atoms with E-state index in [2.05, 4.69) is 20.3 Å². The van der Waals surface area contributed by atoms with Crippen LogP contribution in [0.15, 0.2) is 79.7 Å². The zero-order chi connectivity index (χ0) is 48.3. The Morgan fingerprint density at radius 3 is 1.45 bits per heavy atom. The topological polar surface area (TPSA) is 336 Å². The van der Waals surface area contributed by atoms with Crippen LogP contribution in [0, 0.1) is 10.8 Å². The van der Waals surface area contributed by atoms with Crippen molar-refractivity contribution in [2.75, 3.05) is 23.5 Å². The van der Waals surface area contributed by atoms with E-state index in [1.165, 1.54) is 24.7 Å². The number of anilines is 2. The van der Waals surface area contributed by atoms with Crippen molar-refractivity contribution in [3.8, 4) is 0 Å². The van der Waals surface area contributed by atoms with Crippen molar-refractivity contribution >= 4 is 96.6 Å². The molecule has 0 amide bonds. The van der Waals surface area contributed by atoms with Crippen LogP contribution in [0.5, 0.6) is 0 Å². The molecule has 350 valence electrons. The molecule has 2 aromatic heterocycles. The summed E-state index contributed by atoms with van der Waals surface area (Å²) in [5.74, 6) is -1.93. The molecule has 2 aromatic carbocycles. The Morgan fingerprint density at radius 2 is 1.14 bits per heavy atom. The molecule has 0 unspecified atom stereocenters. The number of nitrogens with one attached hydrogen (secondary N) is 2. The molecule has 0 saturated heterocycles. The van der Waals surface area contributed by atoms with Crippen molar-refractivity contribution < 1.29 is 183 Å². The van der Waals surface area contributed by atoms with Crippen LogP contribution in [0.4, 0.5) is 11.4 Å². The molecule has 4 rings (SSSR count). The van der Waals surface area contributed by atoms with Crippen LogP contribution in [-0.2, 0) is 66.6 Å². The van der Waals surface area contributed by atoms with Gasteiger partial charge in [0.2, 0.25) is 26.8 Å². The first kappa shape index (κ1) is 65.0. The van der Waals surface area contributed by atoms with Crippen molar-refractivity contribution in [3.63, 3.8) is 0 Å². The minimum atomic E-state index is -4.19. The van der Waals surface area contributed by atoms with Gasteiger partial charge in [0.05, 0.1) is 69.0 Å². The zero-order valence-corrected chi connectivity index (χ0v) is 46.4. The molecule has 0 aliphatic carbocycles. The average molecular weight is 1070 g/mol. The van der Waals surface area contributed by atoms with Gasteiger partial charge in [-0.3, -0.25) is 14.4 Å². The number of furan rings is 2. The predicted octanol–water partition coefficient (Wildman–Crippen LogP) is -0.886. The molecule has 0 fully saturated rings. The van der Waals surface area contributed by atoms with E-state index in [1.54, 1.807) is 65.8 Å². The Balaban J connectivity index is -0.000000938. The van der Waals surface area contributed by atoms with Gasteiger partial charge in [-0.2, -0.15) is 0 Å². The number of hydrogen-bond donors (Lipinski definition) is 5. The van der Waals surface area contributed by atoms with Crippen LogP contribution in [0.3, 0.4) is 0 Å². The van der Waals surface area contributed by atoms with E-state index in [0.717, 1.165) is 12.1 Å². The molecule has 0 aliphatic rings. The van der Waals surface area contributed by atoms with E-state index >= 15 is 0 Å². The van der Waals surface area contributed by atoms with Crippen LogP contribution < -0.4 is 129 Å². The molecule has 0 atom stereocenters. The summed E-state index contributed by atoms with van der Waals surface area (Å²) in [5.41, 5.74) is -1.27. The van der Waals surface area contributed by atoms with Gasteiger partial charge in [-0.15, -0.1) is 0 Å². The number of benzene rings is 2. The number of alkyl halides is 1. The molecule has 2 heterocycles. The van der Waals surface area contributed by atoms with Gasteiger partial charge in [-0.25, -0.2) is 36.7 Å². The van der Waals surface area contributed by atoms with Crippen LogP contribution in [0.25, 0.3) is 0 Å². The summed E-state index contributed by atoms with van der Waals surface area (Å²) >= 11 is 17.0. The molecule has 0 saturated carbocycles. The third-order valence-electron chi connectivity index (χ3n) is 7.10. The number of rotatable bonds is 14. The number of nitrogens with two attached hydrogens (primary N) is 2. The molecule has 65 heavy (non-hydrogen) atoms. The summed E-state index contributed by atoms with van der Waals surface area (Å²) in [6.45, 7) is 9.86. The summed E-state index contributed by atoms with van der Waals surface area (Å²) in [7, 11) is -8.30. The van der Waals surface area contributed by atoms with E-state index < -0.39 is 65.4 Å². The van der Waals surface area contributed by atoms with Crippen molar-refractivity contribution in [2.24, 2.45) is 21.1 Å². The van der Waals surface area contributed by atoms with Gasteiger partial charge in [0, 0.05) is 0 Å². The number of ether oxygens (including phenoxy) is 3. The van der Waals surface area contributed by atoms with Crippen molar-refractivity contribution in [2.45, 2.75) is 64.4 Å². The number of esters is 3. The number of carboxylic acids is 1. The molecule has 21 nitrogen and oxygen atoms in total. The Labute approximate surface area is 476 Å². The second-order valence-corrected chi connectivity index (χ2v) is 18.2. The number of carboxylic acid groups (broad SMARTS) is 1. The van der Waals surface area contributed by atoms with E-state index in [0.29, 0.717) is 11.5 Å². The molecular formula is C37H45Cl3K2N4O17S2. The van der Waals surface area contributed by atoms with Gasteiger partial charge in [-0.05, 0) is 90.1 Å². The normalized spacial score (nSPS) is 10.8. The van der Waals surface area contributed by atoms with Crippen molar-refractivity contribution in [1.82, 2.24) is 0 Å². The van der Waals surface area contributed by atoms with Gasteiger partial charge in [0.15, 0.2) is 6.07 Å². The number of halogens is 3. The monoisotopic (exact) mass is 1060 g/mol. The first-order valence-corrected chi connectivity index (χ1v) is 21.7. The van der Waals surface area contributed by atoms with Crippen molar-refractivity contribution in [1.29, 1.82) is 0 Å². The maximum Gasteiger partial charge on any atom is 1.00 e. The second kappa shape index (κ2) is 30.4. The minimum Gasteiger partial charge on any atom is -1.00 e. The Kier molecular flexibility index (Phi) is 30.4. The Hall–Kier alpha value is -2.13. The number of hydrogen-bond acceptors (Lipinski definition) is 18. The van der Waals surface area contributed by atoms with E-state index in [-0.39, 0.29) is 168 Å². The van der Waals surface area contributed by atoms with Crippen LogP contribution >= 0.6 is 34.8 Å². The minimum absolute atomic E-state index is 0. The van der Waals surface area contributed by atoms with E-state index in [4.69, 9.17) is 78.5 Å². The summed E-state index contributed by atoms with van der Waals surface area (Å²) in [6, 6.07) is 11.1. The summed E-state index contributed by atoms with van der Waals surface area (Å²) in [5, 5.41) is 33.1. The van der Waals surface area contributed by atoms with Crippen LogP contribution in [-0.4, -0.2) is 65.2 Å². The predicted molar refractivity (Wildman–Crippen MR) is 225 cm³/mol. The molecular weight excluding hydrogens is 1020 g/mol. The Bertz CT molecular complexity index is 2400. The van der Waals surface area contributed by atoms with Gasteiger partial charge in [0.25, 0.3) is 6.47 Å². The number of carbonyl (C=O) groups is 5. The molecule has 4 aromatic rings. The van der Waals surface area contributed by atoms with Crippen molar-refractivity contribution in [3.05, 3.63) is 93.7 Å². The number of primary sulfonamides is 2. The number of sulfonamides is 2. The molecule has 7 N–H and O–H groups in total. The van der Waals surface area contributed by atoms with E-state index in [1.807, 2.05) is 0 Å². The molecule has 0 aliphatic heterocycles. The smallest absolute Gasteiger partial charge is 1.00 e. The summed E-state index contributed by atoms with van der Waals surface area (Å²) in [6.07, 6.45) is 2.96. The average Bonchev–Trinajstić information content (AvgIpc) is 3.90. The molecule has 0 radical (unpaired) electrons. The van der Waals surface area contributed by atoms with Crippen LogP contribution in [0.2, 0.25) is 10.0 Å². The molecule has 0 spiro atoms. The SMILES string of the molecule is CC(C)(C)C(=O)OCCl.CC(C)(C)C(=O)OCOC(=O)c1cc(S(N)(=O)=O)c(Cl)cc1NCc1ccco1.NS(=O)(=O)c1cc(C(=O)O)c(NCc2ccco2)cc1Cl.O=CO[O-].[H-].[K+].[K+]. The van der Waals surface area contributed by atoms with Gasteiger partial charge in [-0.1, -0.05) is 34.8 Å². The quantitative estimate of drug-likeness (QED) is 0.0195.